The summed E-state index contributed by atoms with van der Waals surface area (Å²) in [5.74, 6) is -0.427. The van der Waals surface area contributed by atoms with E-state index in [1.54, 1.807) is 6.92 Å². The lowest BCUT2D eigenvalue weighted by molar-refractivity contribution is 0.551. The highest BCUT2D eigenvalue weighted by molar-refractivity contribution is 7.89. The van der Waals surface area contributed by atoms with Gasteiger partial charge in [-0.25, -0.2) is 17.5 Å². The van der Waals surface area contributed by atoms with E-state index in [4.69, 9.17) is 0 Å². The molecule has 1 aromatic carbocycles. The van der Waals surface area contributed by atoms with Crippen molar-refractivity contribution in [3.63, 3.8) is 0 Å². The smallest absolute Gasteiger partial charge is 0.240 e. The molecule has 1 saturated heterocycles. The van der Waals surface area contributed by atoms with Gasteiger partial charge in [-0.2, -0.15) is 0 Å². The highest BCUT2D eigenvalue weighted by Gasteiger charge is 2.20. The molecule has 0 radical (unpaired) electrons. The zero-order valence-corrected chi connectivity index (χ0v) is 11.1. The molecule has 1 aliphatic rings. The molecule has 0 aromatic heterocycles. The average molecular weight is 272 g/mol. The van der Waals surface area contributed by atoms with Gasteiger partial charge in [-0.3, -0.25) is 0 Å². The maximum atomic E-state index is 12.9. The van der Waals surface area contributed by atoms with Crippen LogP contribution in [0.4, 0.5) is 4.39 Å². The van der Waals surface area contributed by atoms with Crippen molar-refractivity contribution in [2.45, 2.75) is 30.7 Å². The third-order valence-electron chi connectivity index (χ3n) is 3.11. The molecule has 1 atom stereocenters. The summed E-state index contributed by atoms with van der Waals surface area (Å²) in [5, 5.41) is 3.22. The SMILES string of the molecule is Cc1cc(F)ccc1S(=O)(=O)NCC1CCCN1. The largest absolute Gasteiger partial charge is 0.313 e. The van der Waals surface area contributed by atoms with E-state index in [-0.39, 0.29) is 10.9 Å². The monoisotopic (exact) mass is 272 g/mol. The third-order valence-corrected chi connectivity index (χ3v) is 4.69. The summed E-state index contributed by atoms with van der Waals surface area (Å²) in [6.07, 6.45) is 2.05. The Morgan fingerprint density at radius 1 is 1.50 bits per heavy atom. The molecular weight excluding hydrogens is 255 g/mol. The minimum absolute atomic E-state index is 0.141. The van der Waals surface area contributed by atoms with Crippen LogP contribution in [0.1, 0.15) is 18.4 Å². The van der Waals surface area contributed by atoms with E-state index in [1.165, 1.54) is 12.1 Å². The second-order valence-corrected chi connectivity index (χ2v) is 6.29. The van der Waals surface area contributed by atoms with Crippen LogP contribution in [0.5, 0.6) is 0 Å². The number of sulfonamides is 1. The molecule has 1 aromatic rings. The van der Waals surface area contributed by atoms with Gasteiger partial charge in [0.2, 0.25) is 10.0 Å². The summed E-state index contributed by atoms with van der Waals surface area (Å²) in [7, 11) is -3.55. The number of hydrogen-bond donors (Lipinski definition) is 2. The van der Waals surface area contributed by atoms with Crippen molar-refractivity contribution in [3.05, 3.63) is 29.6 Å². The number of hydrogen-bond acceptors (Lipinski definition) is 3. The van der Waals surface area contributed by atoms with Crippen molar-refractivity contribution in [1.82, 2.24) is 10.0 Å². The highest BCUT2D eigenvalue weighted by Crippen LogP contribution is 2.16. The van der Waals surface area contributed by atoms with Gasteiger partial charge in [0.25, 0.3) is 0 Å². The van der Waals surface area contributed by atoms with E-state index >= 15 is 0 Å². The van der Waals surface area contributed by atoms with E-state index in [0.717, 1.165) is 25.5 Å². The van der Waals surface area contributed by atoms with Gasteiger partial charge in [-0.15, -0.1) is 0 Å². The zero-order chi connectivity index (χ0) is 13.2. The van der Waals surface area contributed by atoms with E-state index in [1.807, 2.05) is 0 Å². The number of benzene rings is 1. The van der Waals surface area contributed by atoms with Crippen molar-refractivity contribution in [2.24, 2.45) is 0 Å². The second-order valence-electron chi connectivity index (χ2n) is 4.55. The third kappa shape index (κ3) is 3.07. The number of halogens is 1. The maximum Gasteiger partial charge on any atom is 0.240 e. The molecule has 1 fully saturated rings. The predicted molar refractivity (Wildman–Crippen MR) is 67.4 cm³/mol. The van der Waals surface area contributed by atoms with E-state index in [2.05, 4.69) is 10.0 Å². The van der Waals surface area contributed by atoms with Crippen molar-refractivity contribution in [2.75, 3.05) is 13.1 Å². The summed E-state index contributed by atoms with van der Waals surface area (Å²) in [6.45, 7) is 2.90. The van der Waals surface area contributed by atoms with Crippen LogP contribution in [0, 0.1) is 12.7 Å². The Morgan fingerprint density at radius 2 is 2.28 bits per heavy atom. The summed E-state index contributed by atoms with van der Waals surface area (Å²) in [6, 6.07) is 3.88. The lowest BCUT2D eigenvalue weighted by Crippen LogP contribution is -2.37. The molecule has 1 aliphatic heterocycles. The fourth-order valence-corrected chi connectivity index (χ4v) is 3.44. The molecule has 1 heterocycles. The molecule has 6 heteroatoms. The first kappa shape index (κ1) is 13.5. The van der Waals surface area contributed by atoms with Crippen LogP contribution in [-0.2, 0) is 10.0 Å². The van der Waals surface area contributed by atoms with Crippen LogP contribution in [-0.4, -0.2) is 27.5 Å². The zero-order valence-electron chi connectivity index (χ0n) is 10.2. The van der Waals surface area contributed by atoms with E-state index in [0.29, 0.717) is 12.1 Å². The average Bonchev–Trinajstić information content (AvgIpc) is 2.78. The van der Waals surface area contributed by atoms with Gasteiger partial charge in [0, 0.05) is 12.6 Å². The molecule has 2 N–H and O–H groups in total. The molecule has 18 heavy (non-hydrogen) atoms. The summed E-state index contributed by atoms with van der Waals surface area (Å²) >= 11 is 0. The molecule has 2 rings (SSSR count). The van der Waals surface area contributed by atoms with Crippen molar-refractivity contribution in [1.29, 1.82) is 0 Å². The van der Waals surface area contributed by atoms with Gasteiger partial charge < -0.3 is 5.32 Å². The van der Waals surface area contributed by atoms with Crippen LogP contribution < -0.4 is 10.0 Å². The Hall–Kier alpha value is -0.980. The Balaban J connectivity index is 2.09. The van der Waals surface area contributed by atoms with Crippen molar-refractivity contribution < 1.29 is 12.8 Å². The molecule has 0 spiro atoms. The van der Waals surface area contributed by atoms with Crippen molar-refractivity contribution >= 4 is 10.0 Å². The predicted octanol–water partition coefficient (Wildman–Crippen LogP) is 1.16. The first-order valence-electron chi connectivity index (χ1n) is 5.98. The normalized spacial score (nSPS) is 20.2. The molecule has 0 amide bonds. The Morgan fingerprint density at radius 3 is 2.89 bits per heavy atom. The molecule has 100 valence electrons. The Labute approximate surface area is 107 Å². The standard InChI is InChI=1S/C12H17FN2O2S/c1-9-7-10(13)4-5-12(9)18(16,17)15-8-11-3-2-6-14-11/h4-5,7,11,14-15H,2-3,6,8H2,1H3. The summed E-state index contributed by atoms with van der Waals surface area (Å²) in [5.41, 5.74) is 0.418. The molecule has 0 bridgehead atoms. The quantitative estimate of drug-likeness (QED) is 0.865. The first-order valence-corrected chi connectivity index (χ1v) is 7.46. The van der Waals surface area contributed by atoms with Gasteiger partial charge in [0.1, 0.15) is 5.82 Å². The van der Waals surface area contributed by atoms with E-state index in [9.17, 15) is 12.8 Å². The summed E-state index contributed by atoms with van der Waals surface area (Å²) in [4.78, 5) is 0.141. The van der Waals surface area contributed by atoms with Gasteiger partial charge in [0.15, 0.2) is 0 Å². The van der Waals surface area contributed by atoms with E-state index < -0.39 is 15.8 Å². The highest BCUT2D eigenvalue weighted by atomic mass is 32.2. The first-order chi connectivity index (χ1) is 8.49. The second kappa shape index (κ2) is 5.34. The number of aryl methyl sites for hydroxylation is 1. The lowest BCUT2D eigenvalue weighted by atomic mass is 10.2. The lowest BCUT2D eigenvalue weighted by Gasteiger charge is -2.13. The molecule has 4 nitrogen and oxygen atoms in total. The van der Waals surface area contributed by atoms with Gasteiger partial charge >= 0.3 is 0 Å². The van der Waals surface area contributed by atoms with Crippen LogP contribution >= 0.6 is 0 Å². The summed E-state index contributed by atoms with van der Waals surface area (Å²) < 4.78 is 39.6. The minimum atomic E-state index is -3.55. The number of rotatable bonds is 4. The van der Waals surface area contributed by atoms with Gasteiger partial charge in [-0.05, 0) is 50.1 Å². The minimum Gasteiger partial charge on any atom is -0.313 e. The van der Waals surface area contributed by atoms with Crippen molar-refractivity contribution in [3.8, 4) is 0 Å². The van der Waals surface area contributed by atoms with Crippen LogP contribution in [0.2, 0.25) is 0 Å². The van der Waals surface area contributed by atoms with Crippen LogP contribution in [0.15, 0.2) is 23.1 Å². The number of nitrogens with one attached hydrogen (secondary N) is 2. The van der Waals surface area contributed by atoms with Crippen LogP contribution in [0.3, 0.4) is 0 Å². The molecule has 0 saturated carbocycles. The fourth-order valence-electron chi connectivity index (χ4n) is 2.13. The molecular formula is C12H17FN2O2S. The fraction of sp³-hybridized carbons (Fsp3) is 0.500. The molecule has 1 unspecified atom stereocenters. The Bertz CT molecular complexity index is 525. The molecule has 0 aliphatic carbocycles. The topological polar surface area (TPSA) is 58.2 Å². The Kier molecular flexibility index (Phi) is 3.99. The van der Waals surface area contributed by atoms with Crippen LogP contribution in [0.25, 0.3) is 0 Å². The van der Waals surface area contributed by atoms with Gasteiger partial charge in [0.05, 0.1) is 4.90 Å². The maximum absolute atomic E-state index is 12.9. The van der Waals surface area contributed by atoms with Gasteiger partial charge in [-0.1, -0.05) is 0 Å².